The van der Waals surface area contributed by atoms with E-state index in [1.54, 1.807) is 18.3 Å². The van der Waals surface area contributed by atoms with Crippen LogP contribution in [0, 0.1) is 5.41 Å². The minimum absolute atomic E-state index is 0.0809. The maximum Gasteiger partial charge on any atom is 0.141 e. The predicted octanol–water partition coefficient (Wildman–Crippen LogP) is 2.92. The van der Waals surface area contributed by atoms with Gasteiger partial charge in [0.25, 0.3) is 0 Å². The van der Waals surface area contributed by atoms with Crippen LogP contribution in [0.2, 0.25) is 0 Å². The van der Waals surface area contributed by atoms with Crippen LogP contribution in [-0.2, 0) is 0 Å². The molecule has 1 heterocycles. The van der Waals surface area contributed by atoms with Crippen LogP contribution in [0.1, 0.15) is 5.69 Å². The molecule has 4 nitrogen and oxygen atoms in total. The van der Waals surface area contributed by atoms with E-state index in [0.29, 0.717) is 17.2 Å². The van der Waals surface area contributed by atoms with E-state index in [2.05, 4.69) is 20.9 Å². The summed E-state index contributed by atoms with van der Waals surface area (Å²) >= 11 is 3.39. The number of nitrogens with one attached hydrogen (secondary N) is 1. The van der Waals surface area contributed by atoms with Crippen LogP contribution in [0.3, 0.4) is 0 Å². The van der Waals surface area contributed by atoms with Crippen molar-refractivity contribution in [1.29, 1.82) is 5.41 Å². The van der Waals surface area contributed by atoms with E-state index >= 15 is 0 Å². The first kappa shape index (κ1) is 11.6. The number of aromatic nitrogens is 1. The molecule has 0 unspecified atom stereocenters. The number of hydrogen-bond donors (Lipinski definition) is 2. The predicted molar refractivity (Wildman–Crippen MR) is 69.5 cm³/mol. The Morgan fingerprint density at radius 2 is 2.06 bits per heavy atom. The van der Waals surface area contributed by atoms with E-state index in [9.17, 15) is 0 Å². The van der Waals surface area contributed by atoms with Gasteiger partial charge < -0.3 is 10.5 Å². The maximum atomic E-state index is 7.30. The Balaban J connectivity index is 2.28. The normalized spacial score (nSPS) is 9.94. The Morgan fingerprint density at radius 3 is 2.76 bits per heavy atom. The Hall–Kier alpha value is -1.88. The second kappa shape index (κ2) is 4.97. The van der Waals surface area contributed by atoms with Crippen molar-refractivity contribution in [1.82, 2.24) is 4.98 Å². The molecule has 0 radical (unpaired) electrons. The van der Waals surface area contributed by atoms with Gasteiger partial charge in [-0.25, -0.2) is 0 Å². The summed E-state index contributed by atoms with van der Waals surface area (Å²) in [6.45, 7) is 0. The summed E-state index contributed by atoms with van der Waals surface area (Å²) in [5, 5.41) is 7.30. The van der Waals surface area contributed by atoms with Gasteiger partial charge in [-0.1, -0.05) is 12.1 Å². The van der Waals surface area contributed by atoms with Gasteiger partial charge in [-0.05, 0) is 34.1 Å². The van der Waals surface area contributed by atoms with Gasteiger partial charge in [-0.2, -0.15) is 0 Å². The monoisotopic (exact) mass is 291 g/mol. The first-order valence-electron chi connectivity index (χ1n) is 4.89. The van der Waals surface area contributed by atoms with Crippen LogP contribution in [0.25, 0.3) is 0 Å². The van der Waals surface area contributed by atoms with Crippen LogP contribution in [0.4, 0.5) is 0 Å². The van der Waals surface area contributed by atoms with Crippen molar-refractivity contribution in [3.63, 3.8) is 0 Å². The fraction of sp³-hybridized carbons (Fsp3) is 0. The van der Waals surface area contributed by atoms with Crippen LogP contribution in [0.5, 0.6) is 11.5 Å². The fourth-order valence-corrected chi connectivity index (χ4v) is 1.64. The lowest BCUT2D eigenvalue weighted by molar-refractivity contribution is 0.479. The molecule has 0 saturated heterocycles. The van der Waals surface area contributed by atoms with Gasteiger partial charge >= 0.3 is 0 Å². The molecule has 0 aliphatic heterocycles. The number of nitrogens with two attached hydrogens (primary N) is 1. The van der Waals surface area contributed by atoms with Crippen molar-refractivity contribution in [3.8, 4) is 11.5 Å². The summed E-state index contributed by atoms with van der Waals surface area (Å²) in [4.78, 5) is 3.96. The highest BCUT2D eigenvalue weighted by atomic mass is 79.9. The summed E-state index contributed by atoms with van der Waals surface area (Å²) in [5.74, 6) is 1.22. The van der Waals surface area contributed by atoms with Gasteiger partial charge in [0.1, 0.15) is 23.0 Å². The Kier molecular flexibility index (Phi) is 3.39. The third-order valence-electron chi connectivity index (χ3n) is 2.07. The summed E-state index contributed by atoms with van der Waals surface area (Å²) in [6.07, 6.45) is 1.56. The van der Waals surface area contributed by atoms with Crippen molar-refractivity contribution in [3.05, 3.63) is 52.8 Å². The number of amidine groups is 1. The number of nitrogens with zero attached hydrogens (tertiary/aromatic N) is 1. The molecule has 2 aromatic rings. The van der Waals surface area contributed by atoms with Crippen LogP contribution in [0.15, 0.2) is 47.1 Å². The summed E-state index contributed by atoms with van der Waals surface area (Å²) in [7, 11) is 0. The number of hydrogen-bond acceptors (Lipinski definition) is 3. The molecule has 0 saturated carbocycles. The molecule has 0 amide bonds. The molecule has 1 aromatic heterocycles. The molecule has 0 spiro atoms. The van der Waals surface area contributed by atoms with Crippen LogP contribution < -0.4 is 10.5 Å². The number of ether oxygens (including phenoxy) is 1. The van der Waals surface area contributed by atoms with Crippen molar-refractivity contribution in [2.24, 2.45) is 5.73 Å². The number of halogens is 1. The average molecular weight is 292 g/mol. The molecule has 86 valence electrons. The van der Waals surface area contributed by atoms with E-state index < -0.39 is 0 Å². The van der Waals surface area contributed by atoms with Crippen LogP contribution in [-0.4, -0.2) is 10.8 Å². The van der Waals surface area contributed by atoms with E-state index in [-0.39, 0.29) is 5.84 Å². The summed E-state index contributed by atoms with van der Waals surface area (Å²) in [6, 6.07) is 10.9. The summed E-state index contributed by atoms with van der Waals surface area (Å²) < 4.78 is 6.52. The van der Waals surface area contributed by atoms with E-state index in [1.165, 1.54) is 0 Å². The number of para-hydroxylation sites is 1. The minimum Gasteiger partial charge on any atom is -0.456 e. The van der Waals surface area contributed by atoms with Gasteiger partial charge in [-0.3, -0.25) is 10.4 Å². The van der Waals surface area contributed by atoms with Crippen molar-refractivity contribution in [2.75, 3.05) is 0 Å². The molecule has 0 bridgehead atoms. The highest BCUT2D eigenvalue weighted by Gasteiger charge is 2.04. The second-order valence-corrected chi connectivity index (χ2v) is 4.18. The molecule has 1 aromatic carbocycles. The van der Waals surface area contributed by atoms with Crippen molar-refractivity contribution in [2.45, 2.75) is 0 Å². The standard InChI is InChI=1S/C12H10BrN3O/c13-9-3-1-2-4-11(9)17-8-5-6-16-10(7-8)12(14)15/h1-7H,(H3,14,15). The third-order valence-corrected chi connectivity index (χ3v) is 2.73. The quantitative estimate of drug-likeness (QED) is 0.675. The number of rotatable bonds is 3. The van der Waals surface area contributed by atoms with Crippen molar-refractivity contribution < 1.29 is 4.74 Å². The van der Waals surface area contributed by atoms with Gasteiger partial charge in [0.2, 0.25) is 0 Å². The van der Waals surface area contributed by atoms with Gasteiger partial charge in [-0.15, -0.1) is 0 Å². The molecule has 0 aliphatic carbocycles. The Labute approximate surface area is 107 Å². The summed E-state index contributed by atoms with van der Waals surface area (Å²) in [5.41, 5.74) is 5.76. The van der Waals surface area contributed by atoms with Gasteiger partial charge in [0, 0.05) is 12.3 Å². The molecule has 0 fully saturated rings. The molecule has 0 atom stereocenters. The minimum atomic E-state index is -0.0809. The Bertz CT molecular complexity index is 557. The highest BCUT2D eigenvalue weighted by Crippen LogP contribution is 2.28. The zero-order valence-electron chi connectivity index (χ0n) is 8.85. The lowest BCUT2D eigenvalue weighted by Gasteiger charge is -2.08. The number of benzene rings is 1. The van der Waals surface area contributed by atoms with Gasteiger partial charge in [0.15, 0.2) is 0 Å². The second-order valence-electron chi connectivity index (χ2n) is 3.32. The molecule has 3 N–H and O–H groups in total. The largest absolute Gasteiger partial charge is 0.456 e. The molecule has 17 heavy (non-hydrogen) atoms. The third kappa shape index (κ3) is 2.82. The van der Waals surface area contributed by atoms with E-state index in [1.807, 2.05) is 24.3 Å². The first-order chi connectivity index (χ1) is 8.16. The van der Waals surface area contributed by atoms with Gasteiger partial charge in [0.05, 0.1) is 4.47 Å². The highest BCUT2D eigenvalue weighted by molar-refractivity contribution is 9.10. The van der Waals surface area contributed by atoms with E-state index in [4.69, 9.17) is 15.9 Å². The lowest BCUT2D eigenvalue weighted by Crippen LogP contribution is -2.12. The SMILES string of the molecule is N=C(N)c1cc(Oc2ccccc2Br)ccn1. The van der Waals surface area contributed by atoms with E-state index in [0.717, 1.165) is 4.47 Å². The first-order valence-corrected chi connectivity index (χ1v) is 5.69. The maximum absolute atomic E-state index is 7.30. The average Bonchev–Trinajstić information content (AvgIpc) is 2.32. The Morgan fingerprint density at radius 1 is 1.29 bits per heavy atom. The van der Waals surface area contributed by atoms with Crippen molar-refractivity contribution >= 4 is 21.8 Å². The number of pyridine rings is 1. The molecular weight excluding hydrogens is 282 g/mol. The zero-order valence-corrected chi connectivity index (χ0v) is 10.4. The number of nitrogen functional groups attached to an aromatic ring is 1. The lowest BCUT2D eigenvalue weighted by atomic mass is 10.3. The van der Waals surface area contributed by atoms with Crippen LogP contribution >= 0.6 is 15.9 Å². The molecular formula is C12H10BrN3O. The fourth-order valence-electron chi connectivity index (χ4n) is 1.28. The molecule has 0 aliphatic rings. The molecule has 5 heteroatoms. The smallest absolute Gasteiger partial charge is 0.141 e. The zero-order chi connectivity index (χ0) is 12.3. The molecule has 2 rings (SSSR count). The topological polar surface area (TPSA) is 72.0 Å².